The summed E-state index contributed by atoms with van der Waals surface area (Å²) < 4.78 is 10.1. The molecule has 1 fully saturated rings. The van der Waals surface area contributed by atoms with Crippen LogP contribution in [0.4, 0.5) is 9.59 Å². The highest BCUT2D eigenvalue weighted by atomic mass is 16.5. The van der Waals surface area contributed by atoms with Crippen LogP contribution in [0.25, 0.3) is 10.9 Å². The summed E-state index contributed by atoms with van der Waals surface area (Å²) in [6, 6.07) is 23.8. The highest BCUT2D eigenvalue weighted by molar-refractivity contribution is 5.89. The number of carbonyl (C=O) groups is 4. The third-order valence-electron chi connectivity index (χ3n) is 10.8. The number of rotatable bonds is 18. The summed E-state index contributed by atoms with van der Waals surface area (Å²) in [6.07, 6.45) is 0.733. The number of aliphatic hydroxyl groups is 1. The van der Waals surface area contributed by atoms with Crippen molar-refractivity contribution in [1.82, 2.24) is 35.9 Å². The Morgan fingerprint density at radius 1 is 0.898 bits per heavy atom. The molecule has 0 saturated carbocycles. The van der Waals surface area contributed by atoms with E-state index in [9.17, 15) is 24.3 Å². The number of nitrogens with one attached hydrogen (secondary N) is 3. The zero-order valence-corrected chi connectivity index (χ0v) is 35.2. The fraction of sp³-hybridized carbons (Fsp3) is 0.444. The number of hydrogen-bond acceptors (Lipinski definition) is 9. The number of amides is 5. The van der Waals surface area contributed by atoms with E-state index in [1.165, 1.54) is 7.11 Å². The van der Waals surface area contributed by atoms with Crippen LogP contribution in [0.15, 0.2) is 91.1 Å². The van der Waals surface area contributed by atoms with Gasteiger partial charge in [-0.3, -0.25) is 20.0 Å². The Morgan fingerprint density at radius 3 is 2.25 bits per heavy atom. The van der Waals surface area contributed by atoms with Gasteiger partial charge in [-0.05, 0) is 58.7 Å². The van der Waals surface area contributed by atoms with Crippen LogP contribution in [0, 0.1) is 11.3 Å². The molecule has 316 valence electrons. The third kappa shape index (κ3) is 11.9. The molecule has 4 aromatic rings. The number of benzene rings is 3. The molecule has 1 saturated heterocycles. The van der Waals surface area contributed by atoms with Crippen molar-refractivity contribution in [3.63, 3.8) is 0 Å². The van der Waals surface area contributed by atoms with Gasteiger partial charge in [0, 0.05) is 44.3 Å². The Hall–Kier alpha value is -5.73. The number of carbonyl (C=O) groups excluding carboxylic acids is 4. The average molecular weight is 810 g/mol. The lowest BCUT2D eigenvalue weighted by molar-refractivity contribution is -0.132. The first-order valence-electron chi connectivity index (χ1n) is 20.1. The van der Waals surface area contributed by atoms with Crippen molar-refractivity contribution in [2.24, 2.45) is 11.3 Å². The molecule has 0 bridgehead atoms. The molecular weight excluding hydrogens is 751 g/mol. The second-order valence-corrected chi connectivity index (χ2v) is 16.3. The topological polar surface area (TPSA) is 166 Å². The van der Waals surface area contributed by atoms with Gasteiger partial charge >= 0.3 is 12.1 Å². The fourth-order valence-corrected chi connectivity index (χ4v) is 7.31. The monoisotopic (exact) mass is 809 g/mol. The van der Waals surface area contributed by atoms with Gasteiger partial charge in [0.25, 0.3) is 5.91 Å². The van der Waals surface area contributed by atoms with Crippen LogP contribution in [-0.4, -0.2) is 107 Å². The smallest absolute Gasteiger partial charge is 0.407 e. The third-order valence-corrected chi connectivity index (χ3v) is 10.8. The zero-order valence-electron chi connectivity index (χ0n) is 35.2. The molecule has 59 heavy (non-hydrogen) atoms. The highest BCUT2D eigenvalue weighted by Crippen LogP contribution is 2.25. The second-order valence-electron chi connectivity index (χ2n) is 16.3. The zero-order chi connectivity index (χ0) is 42.7. The van der Waals surface area contributed by atoms with E-state index in [-0.39, 0.29) is 37.4 Å². The van der Waals surface area contributed by atoms with Crippen molar-refractivity contribution in [1.29, 1.82) is 0 Å². The molecule has 0 radical (unpaired) electrons. The molecule has 5 amide bonds. The van der Waals surface area contributed by atoms with Gasteiger partial charge in [-0.25, -0.2) is 14.6 Å². The molecule has 1 aromatic heterocycles. The Bertz CT molecular complexity index is 2020. The normalized spacial score (nSPS) is 15.6. The van der Waals surface area contributed by atoms with Crippen molar-refractivity contribution >= 4 is 34.8 Å². The number of methoxy groups -OCH3 is 2. The maximum absolute atomic E-state index is 14.5. The van der Waals surface area contributed by atoms with Crippen LogP contribution in [-0.2, 0) is 33.8 Å². The second kappa shape index (κ2) is 20.3. The molecule has 1 aliphatic heterocycles. The lowest BCUT2D eigenvalue weighted by Gasteiger charge is -2.36. The number of hydrogen-bond donors (Lipinski definition) is 4. The number of fused-ring (bicyclic) bond motifs is 1. The molecule has 4 N–H and O–H groups in total. The van der Waals surface area contributed by atoms with Crippen molar-refractivity contribution in [2.75, 3.05) is 33.9 Å². The van der Waals surface area contributed by atoms with E-state index in [2.05, 4.69) is 21.0 Å². The molecule has 1 aliphatic rings. The van der Waals surface area contributed by atoms with Gasteiger partial charge in [0.15, 0.2) is 0 Å². The number of para-hydroxylation sites is 1. The molecule has 14 heteroatoms. The lowest BCUT2D eigenvalue weighted by Crippen LogP contribution is -2.60. The Labute approximate surface area is 347 Å². The number of aromatic nitrogens is 1. The first-order chi connectivity index (χ1) is 28.2. The van der Waals surface area contributed by atoms with Crippen molar-refractivity contribution in [3.8, 4) is 5.75 Å². The lowest BCUT2D eigenvalue weighted by atomic mass is 9.86. The highest BCUT2D eigenvalue weighted by Gasteiger charge is 2.41. The van der Waals surface area contributed by atoms with Gasteiger partial charge in [-0.2, -0.15) is 0 Å². The SMILES string of the molecule is CCC(C)C(C(=O)NC(Cc1ccccc1)C(O)CN(Cc1ccc(OC)cc1)NC(=O)C(NC(=O)OC)C(C)(C)C)N1CCN(Cc2cnc3ccccc3c2)C1=O. The number of aliphatic hydroxyl groups excluding tert-OH is 1. The van der Waals surface area contributed by atoms with Gasteiger partial charge in [-0.1, -0.05) is 102 Å². The number of alkyl carbamates (subject to hydrolysis) is 1. The molecular formula is C45H59N7O7. The van der Waals surface area contributed by atoms with E-state index in [4.69, 9.17) is 9.47 Å². The standard InChI is InChI=1S/C45H59N7O7/c1-8-30(2)39(52-23-22-50(44(52)57)27-33-24-34-16-12-13-17-36(34)46-26-33)41(54)47-37(25-31-14-10-9-11-15-31)38(53)29-51(28-32-18-20-35(58-6)21-19-32)49-42(55)40(45(3,4)5)48-43(56)59-7/h9-21,24,26,30,37-40,53H,8,22-23,25,27-29H2,1-7H3,(H,47,54)(H,48,56)(H,49,55). The summed E-state index contributed by atoms with van der Waals surface area (Å²) in [5, 5.41) is 20.4. The van der Waals surface area contributed by atoms with Gasteiger partial charge in [-0.15, -0.1) is 0 Å². The summed E-state index contributed by atoms with van der Waals surface area (Å²) in [5.41, 5.74) is 5.69. The minimum absolute atomic E-state index is 0.102. The molecule has 5 rings (SSSR count). The van der Waals surface area contributed by atoms with E-state index in [1.807, 2.05) is 107 Å². The summed E-state index contributed by atoms with van der Waals surface area (Å²) >= 11 is 0. The van der Waals surface area contributed by atoms with E-state index in [0.717, 1.165) is 27.6 Å². The van der Waals surface area contributed by atoms with Gasteiger partial charge in [0.1, 0.15) is 17.8 Å². The van der Waals surface area contributed by atoms with Crippen LogP contribution in [0.5, 0.6) is 5.75 Å². The van der Waals surface area contributed by atoms with Gasteiger partial charge in [0.2, 0.25) is 5.91 Å². The molecule has 5 atom stereocenters. The predicted molar refractivity (Wildman–Crippen MR) is 226 cm³/mol. The van der Waals surface area contributed by atoms with Crippen molar-refractivity contribution < 1.29 is 33.8 Å². The minimum Gasteiger partial charge on any atom is -0.497 e. The summed E-state index contributed by atoms with van der Waals surface area (Å²) in [5.74, 6) is -0.423. The largest absolute Gasteiger partial charge is 0.497 e. The van der Waals surface area contributed by atoms with Crippen LogP contribution >= 0.6 is 0 Å². The van der Waals surface area contributed by atoms with Crippen LogP contribution in [0.2, 0.25) is 0 Å². The maximum atomic E-state index is 14.5. The molecule has 3 aromatic carbocycles. The average Bonchev–Trinajstić information content (AvgIpc) is 3.57. The van der Waals surface area contributed by atoms with Crippen molar-refractivity contribution in [2.45, 2.75) is 84.8 Å². The van der Waals surface area contributed by atoms with Crippen LogP contribution in [0.1, 0.15) is 57.7 Å². The molecule has 0 spiro atoms. The Kier molecular flexibility index (Phi) is 15.3. The quantitative estimate of drug-likeness (QED) is 0.0979. The summed E-state index contributed by atoms with van der Waals surface area (Å²) in [6.45, 7) is 10.6. The number of hydrazine groups is 1. The van der Waals surface area contributed by atoms with E-state index >= 15 is 0 Å². The van der Waals surface area contributed by atoms with Crippen LogP contribution in [0.3, 0.4) is 0 Å². The van der Waals surface area contributed by atoms with Gasteiger partial charge in [0.05, 0.1) is 31.9 Å². The van der Waals surface area contributed by atoms with Crippen LogP contribution < -0.4 is 20.8 Å². The van der Waals surface area contributed by atoms with E-state index < -0.39 is 41.6 Å². The van der Waals surface area contributed by atoms with E-state index in [0.29, 0.717) is 31.8 Å². The van der Waals surface area contributed by atoms with Crippen molar-refractivity contribution in [3.05, 3.63) is 108 Å². The molecule has 14 nitrogen and oxygen atoms in total. The number of urea groups is 1. The Balaban J connectivity index is 1.39. The number of pyridine rings is 1. The molecule has 0 aliphatic carbocycles. The fourth-order valence-electron chi connectivity index (χ4n) is 7.31. The predicted octanol–water partition coefficient (Wildman–Crippen LogP) is 5.29. The molecule has 5 unspecified atom stereocenters. The minimum atomic E-state index is -1.21. The number of ether oxygens (including phenoxy) is 2. The molecule has 2 heterocycles. The summed E-state index contributed by atoms with van der Waals surface area (Å²) in [7, 11) is 2.80. The number of nitrogens with zero attached hydrogens (tertiary/aromatic N) is 4. The first-order valence-corrected chi connectivity index (χ1v) is 20.1. The van der Waals surface area contributed by atoms with E-state index in [1.54, 1.807) is 40.2 Å². The van der Waals surface area contributed by atoms with Gasteiger partial charge < -0.3 is 35.0 Å². The maximum Gasteiger partial charge on any atom is 0.407 e. The Morgan fingerprint density at radius 2 is 1.59 bits per heavy atom. The summed E-state index contributed by atoms with van der Waals surface area (Å²) in [4.78, 5) is 62.7. The first kappa shape index (κ1) is 44.4.